The predicted octanol–water partition coefficient (Wildman–Crippen LogP) is 1.13. The topological polar surface area (TPSA) is 77.3 Å². The standard InChI is InChI=1S/C25H35NO5/c1-13-10-26-11-16-6-4-15-5-7-17-19(23(29)30-3)9-24(21(15)17)22(26)18(13)8-20(28)25(16,24)12-31-14(2)27/h13,16-20,22,28H,4-12H2,1-3H3/p+1. The third-order valence-corrected chi connectivity index (χ3v) is 10.7. The average Bonchev–Trinajstić information content (AvgIpc) is 3.37. The van der Waals surface area contributed by atoms with E-state index in [1.807, 2.05) is 0 Å². The van der Waals surface area contributed by atoms with E-state index in [4.69, 9.17) is 9.47 Å². The van der Waals surface area contributed by atoms with E-state index in [0.29, 0.717) is 23.8 Å². The van der Waals surface area contributed by atoms with Crippen LogP contribution in [0.5, 0.6) is 0 Å². The predicted molar refractivity (Wildman–Crippen MR) is 112 cm³/mol. The monoisotopic (exact) mass is 430 g/mol. The van der Waals surface area contributed by atoms with E-state index in [9.17, 15) is 14.7 Å². The van der Waals surface area contributed by atoms with E-state index in [2.05, 4.69) is 6.92 Å². The summed E-state index contributed by atoms with van der Waals surface area (Å²) >= 11 is 0. The lowest BCUT2D eigenvalue weighted by atomic mass is 9.42. The molecule has 6 rings (SSSR count). The van der Waals surface area contributed by atoms with Crippen LogP contribution in [0.1, 0.15) is 52.4 Å². The number of esters is 2. The molecule has 6 heteroatoms. The molecule has 2 saturated carbocycles. The quantitative estimate of drug-likeness (QED) is 0.519. The molecule has 1 spiro atoms. The molecule has 0 radical (unpaired) electrons. The van der Waals surface area contributed by atoms with Crippen molar-refractivity contribution in [1.82, 2.24) is 0 Å². The summed E-state index contributed by atoms with van der Waals surface area (Å²) in [5, 5.41) is 11.9. The molecule has 2 N–H and O–H groups in total. The molecular weight excluding hydrogens is 394 g/mol. The van der Waals surface area contributed by atoms with Crippen LogP contribution in [0.2, 0.25) is 0 Å². The number of rotatable bonds is 3. The van der Waals surface area contributed by atoms with Gasteiger partial charge in [0.1, 0.15) is 12.6 Å². The number of carbonyl (C=O) groups excluding carboxylic acids is 2. The number of hydrogen-bond acceptors (Lipinski definition) is 5. The summed E-state index contributed by atoms with van der Waals surface area (Å²) in [5.74, 6) is 1.07. The Kier molecular flexibility index (Phi) is 4.28. The molecule has 0 amide bonds. The van der Waals surface area contributed by atoms with E-state index in [0.717, 1.165) is 51.6 Å². The van der Waals surface area contributed by atoms with Gasteiger partial charge in [0.15, 0.2) is 0 Å². The second kappa shape index (κ2) is 6.57. The molecule has 10 unspecified atom stereocenters. The first kappa shape index (κ1) is 20.2. The molecule has 0 aromatic heterocycles. The number of piperidine rings is 1. The molecule has 6 nitrogen and oxygen atoms in total. The van der Waals surface area contributed by atoms with Gasteiger partial charge in [-0.05, 0) is 44.4 Å². The minimum atomic E-state index is -0.496. The van der Waals surface area contributed by atoms with E-state index in [-0.39, 0.29) is 35.8 Å². The second-order valence-electron chi connectivity index (χ2n) is 11.5. The third-order valence-electron chi connectivity index (χ3n) is 10.7. The smallest absolute Gasteiger partial charge is 0.309 e. The fourth-order valence-corrected chi connectivity index (χ4v) is 9.99. The minimum absolute atomic E-state index is 0.0936. The third kappa shape index (κ3) is 2.26. The summed E-state index contributed by atoms with van der Waals surface area (Å²) in [4.78, 5) is 26.7. The number of carbonyl (C=O) groups is 2. The van der Waals surface area contributed by atoms with Gasteiger partial charge in [-0.25, -0.2) is 0 Å². The Morgan fingerprint density at radius 3 is 2.74 bits per heavy atom. The number of quaternary nitrogens is 1. The van der Waals surface area contributed by atoms with Gasteiger partial charge in [-0.1, -0.05) is 18.1 Å². The first-order chi connectivity index (χ1) is 14.8. The molecule has 0 aromatic carbocycles. The van der Waals surface area contributed by atoms with Crippen LogP contribution in [0.15, 0.2) is 11.1 Å². The zero-order chi connectivity index (χ0) is 21.7. The number of ether oxygens (including phenoxy) is 2. The average molecular weight is 431 g/mol. The highest BCUT2D eigenvalue weighted by molar-refractivity contribution is 5.75. The minimum Gasteiger partial charge on any atom is -0.469 e. The lowest BCUT2D eigenvalue weighted by molar-refractivity contribution is -0.938. The van der Waals surface area contributed by atoms with Crippen LogP contribution in [-0.4, -0.2) is 56.0 Å². The van der Waals surface area contributed by atoms with E-state index in [1.165, 1.54) is 19.6 Å². The molecule has 10 atom stereocenters. The van der Waals surface area contributed by atoms with Crippen molar-refractivity contribution in [3.63, 3.8) is 0 Å². The SMILES string of the molecule is COC(=O)C1CC23C4=C(CCC41)CCC1C[NH+]4CC(C)C(CC(O)C12COC(C)=O)C43. The number of methoxy groups -OCH3 is 1. The Morgan fingerprint density at radius 1 is 1.23 bits per heavy atom. The van der Waals surface area contributed by atoms with Crippen LogP contribution in [0.3, 0.4) is 0 Å². The lowest BCUT2D eigenvalue weighted by Crippen LogP contribution is -3.19. The largest absolute Gasteiger partial charge is 0.469 e. The number of aliphatic hydroxyl groups is 1. The van der Waals surface area contributed by atoms with Crippen molar-refractivity contribution in [3.8, 4) is 0 Å². The van der Waals surface area contributed by atoms with E-state index >= 15 is 0 Å². The van der Waals surface area contributed by atoms with Gasteiger partial charge >= 0.3 is 11.9 Å². The molecule has 4 fully saturated rings. The Balaban J connectivity index is 1.61. The van der Waals surface area contributed by atoms with Crippen molar-refractivity contribution in [3.05, 3.63) is 11.1 Å². The van der Waals surface area contributed by atoms with Crippen LogP contribution < -0.4 is 4.90 Å². The van der Waals surface area contributed by atoms with E-state index in [1.54, 1.807) is 10.5 Å². The first-order valence-corrected chi connectivity index (χ1v) is 12.3. The normalized spacial score (nSPS) is 51.4. The maximum atomic E-state index is 13.0. The summed E-state index contributed by atoms with van der Waals surface area (Å²) in [6.07, 6.45) is 5.29. The molecule has 4 bridgehead atoms. The number of aliphatic hydroxyl groups excluding tert-OH is 1. The van der Waals surface area contributed by atoms with Gasteiger partial charge in [0.25, 0.3) is 0 Å². The van der Waals surface area contributed by atoms with Gasteiger partial charge in [0.2, 0.25) is 0 Å². The molecule has 6 aliphatic rings. The van der Waals surface area contributed by atoms with Crippen LogP contribution in [-0.2, 0) is 19.1 Å². The van der Waals surface area contributed by atoms with Gasteiger partial charge in [0.05, 0.1) is 43.1 Å². The maximum Gasteiger partial charge on any atom is 0.309 e. The number of hydrogen-bond donors (Lipinski definition) is 2. The fourth-order valence-electron chi connectivity index (χ4n) is 9.99. The van der Waals surface area contributed by atoms with Gasteiger partial charge < -0.3 is 19.5 Å². The number of allylic oxidation sites excluding steroid dienone is 1. The summed E-state index contributed by atoms with van der Waals surface area (Å²) in [5.41, 5.74) is 2.33. The van der Waals surface area contributed by atoms with Crippen LogP contribution >= 0.6 is 0 Å². The molecular formula is C25H36NO5+. The van der Waals surface area contributed by atoms with Crippen molar-refractivity contribution < 1.29 is 29.1 Å². The van der Waals surface area contributed by atoms with Gasteiger partial charge in [0, 0.05) is 24.7 Å². The molecule has 170 valence electrons. The lowest BCUT2D eigenvalue weighted by Gasteiger charge is -2.65. The highest BCUT2D eigenvalue weighted by Gasteiger charge is 2.80. The second-order valence-corrected chi connectivity index (χ2v) is 11.5. The summed E-state index contributed by atoms with van der Waals surface area (Å²) < 4.78 is 11.1. The number of nitrogens with one attached hydrogen (secondary N) is 1. The van der Waals surface area contributed by atoms with Crippen molar-refractivity contribution >= 4 is 11.9 Å². The van der Waals surface area contributed by atoms with Crippen LogP contribution in [0.4, 0.5) is 0 Å². The highest BCUT2D eigenvalue weighted by atomic mass is 16.5. The Bertz CT molecular complexity index is 868. The van der Waals surface area contributed by atoms with E-state index < -0.39 is 11.5 Å². The summed E-state index contributed by atoms with van der Waals surface area (Å²) in [7, 11) is 1.51. The molecule has 4 aliphatic carbocycles. The van der Waals surface area contributed by atoms with Crippen LogP contribution in [0.25, 0.3) is 0 Å². The van der Waals surface area contributed by atoms with Crippen molar-refractivity contribution in [2.24, 2.45) is 40.4 Å². The van der Waals surface area contributed by atoms with Crippen molar-refractivity contribution in [1.29, 1.82) is 0 Å². The zero-order valence-corrected chi connectivity index (χ0v) is 19.0. The fraction of sp³-hybridized carbons (Fsp3) is 0.840. The molecule has 0 aromatic rings. The van der Waals surface area contributed by atoms with Crippen LogP contribution in [0, 0.1) is 40.4 Å². The highest BCUT2D eigenvalue weighted by Crippen LogP contribution is 2.74. The van der Waals surface area contributed by atoms with Gasteiger partial charge in [-0.2, -0.15) is 0 Å². The summed E-state index contributed by atoms with van der Waals surface area (Å²) in [6, 6.07) is 0.413. The molecule has 2 heterocycles. The molecule has 2 aliphatic heterocycles. The van der Waals surface area contributed by atoms with Crippen molar-refractivity contribution in [2.45, 2.75) is 64.5 Å². The molecule has 2 saturated heterocycles. The Labute approximate surface area is 184 Å². The Morgan fingerprint density at radius 2 is 2.00 bits per heavy atom. The Hall–Kier alpha value is -1.40. The van der Waals surface area contributed by atoms with Crippen molar-refractivity contribution in [2.75, 3.05) is 26.8 Å². The first-order valence-electron chi connectivity index (χ1n) is 12.3. The summed E-state index contributed by atoms with van der Waals surface area (Å²) in [6.45, 7) is 6.32. The zero-order valence-electron chi connectivity index (χ0n) is 19.0. The molecule has 31 heavy (non-hydrogen) atoms. The van der Waals surface area contributed by atoms with Gasteiger partial charge in [-0.15, -0.1) is 0 Å². The maximum absolute atomic E-state index is 13.0. The van der Waals surface area contributed by atoms with Gasteiger partial charge in [-0.3, -0.25) is 9.59 Å².